The number of benzene rings is 1. The lowest BCUT2D eigenvalue weighted by atomic mass is 9.93. The molecule has 1 aromatic rings. The number of rotatable bonds is 6. The minimum Gasteiger partial charge on any atom is -0.329 e. The van der Waals surface area contributed by atoms with Crippen molar-refractivity contribution in [1.29, 1.82) is 0 Å². The molecule has 0 aliphatic heterocycles. The molecule has 0 atom stereocenters. The summed E-state index contributed by atoms with van der Waals surface area (Å²) >= 11 is 0. The van der Waals surface area contributed by atoms with Crippen molar-refractivity contribution in [2.45, 2.75) is 65.0 Å². The van der Waals surface area contributed by atoms with E-state index in [-0.39, 0.29) is 5.54 Å². The zero-order chi connectivity index (χ0) is 14.6. The highest BCUT2D eigenvalue weighted by atomic mass is 15.2. The Labute approximate surface area is 124 Å². The van der Waals surface area contributed by atoms with Crippen molar-refractivity contribution >= 4 is 0 Å². The number of aryl methyl sites for hydroxylation is 2. The summed E-state index contributed by atoms with van der Waals surface area (Å²) in [5.74, 6) is 0. The van der Waals surface area contributed by atoms with Crippen LogP contribution in [-0.2, 0) is 6.54 Å². The van der Waals surface area contributed by atoms with Crippen molar-refractivity contribution in [2.24, 2.45) is 5.73 Å². The molecule has 1 aliphatic rings. The van der Waals surface area contributed by atoms with Gasteiger partial charge in [0, 0.05) is 18.6 Å². The van der Waals surface area contributed by atoms with E-state index >= 15 is 0 Å². The number of hydrogen-bond donors (Lipinski definition) is 1. The lowest BCUT2D eigenvalue weighted by Gasteiger charge is -2.41. The largest absolute Gasteiger partial charge is 0.329 e. The van der Waals surface area contributed by atoms with Crippen LogP contribution in [0.2, 0.25) is 0 Å². The van der Waals surface area contributed by atoms with Crippen molar-refractivity contribution in [3.8, 4) is 0 Å². The Hall–Kier alpha value is -0.860. The van der Waals surface area contributed by atoms with E-state index in [1.807, 2.05) is 0 Å². The van der Waals surface area contributed by atoms with Crippen molar-refractivity contribution in [3.05, 3.63) is 34.9 Å². The molecule has 1 saturated carbocycles. The summed E-state index contributed by atoms with van der Waals surface area (Å²) in [6, 6.07) is 6.91. The lowest BCUT2D eigenvalue weighted by molar-refractivity contribution is 0.0903. The Morgan fingerprint density at radius 2 is 1.70 bits per heavy atom. The first kappa shape index (κ1) is 15.5. The molecule has 0 spiro atoms. The molecule has 2 nitrogen and oxygen atoms in total. The number of nitrogens with two attached hydrogens (primary N) is 1. The number of nitrogens with zero attached hydrogens (tertiary/aromatic N) is 1. The highest BCUT2D eigenvalue weighted by Crippen LogP contribution is 2.35. The van der Waals surface area contributed by atoms with Crippen molar-refractivity contribution in [2.75, 3.05) is 13.1 Å². The summed E-state index contributed by atoms with van der Waals surface area (Å²) in [6.07, 6.45) is 6.42. The molecule has 0 amide bonds. The van der Waals surface area contributed by atoms with Gasteiger partial charge in [-0.2, -0.15) is 0 Å². The van der Waals surface area contributed by atoms with Crippen LogP contribution in [-0.4, -0.2) is 23.5 Å². The molecule has 0 heterocycles. The third kappa shape index (κ3) is 3.42. The van der Waals surface area contributed by atoms with Gasteiger partial charge in [0.15, 0.2) is 0 Å². The van der Waals surface area contributed by atoms with E-state index < -0.39 is 0 Å². The van der Waals surface area contributed by atoms with Crippen LogP contribution < -0.4 is 5.73 Å². The predicted molar refractivity (Wildman–Crippen MR) is 86.9 cm³/mol. The van der Waals surface area contributed by atoms with Crippen molar-refractivity contribution < 1.29 is 0 Å². The fraction of sp³-hybridized carbons (Fsp3) is 0.667. The third-order valence-corrected chi connectivity index (χ3v) is 4.73. The minimum atomic E-state index is 0.258. The summed E-state index contributed by atoms with van der Waals surface area (Å²) in [6.45, 7) is 9.66. The molecule has 0 bridgehead atoms. The first-order valence-corrected chi connectivity index (χ1v) is 8.12. The second kappa shape index (κ2) is 6.73. The Morgan fingerprint density at radius 1 is 1.10 bits per heavy atom. The summed E-state index contributed by atoms with van der Waals surface area (Å²) in [5.41, 5.74) is 10.6. The second-order valence-corrected chi connectivity index (χ2v) is 6.55. The van der Waals surface area contributed by atoms with E-state index in [2.05, 4.69) is 43.9 Å². The molecule has 2 N–H and O–H groups in total. The third-order valence-electron chi connectivity index (χ3n) is 4.73. The maximum Gasteiger partial charge on any atom is 0.0335 e. The molecule has 2 rings (SSSR count). The fourth-order valence-corrected chi connectivity index (χ4v) is 3.82. The lowest BCUT2D eigenvalue weighted by Crippen LogP contribution is -2.51. The summed E-state index contributed by atoms with van der Waals surface area (Å²) in [7, 11) is 0. The molecule has 1 aromatic carbocycles. The summed E-state index contributed by atoms with van der Waals surface area (Å²) in [4.78, 5) is 2.66. The molecule has 20 heavy (non-hydrogen) atoms. The van der Waals surface area contributed by atoms with Gasteiger partial charge in [0.2, 0.25) is 0 Å². The van der Waals surface area contributed by atoms with Crippen LogP contribution in [0, 0.1) is 13.8 Å². The van der Waals surface area contributed by atoms with Gasteiger partial charge in [-0.05, 0) is 45.2 Å². The average molecular weight is 274 g/mol. The van der Waals surface area contributed by atoms with E-state index in [0.29, 0.717) is 0 Å². The number of hydrogen-bond acceptors (Lipinski definition) is 2. The highest BCUT2D eigenvalue weighted by Gasteiger charge is 2.37. The van der Waals surface area contributed by atoms with Crippen molar-refractivity contribution in [3.63, 3.8) is 0 Å². The quantitative estimate of drug-likeness (QED) is 0.855. The Morgan fingerprint density at radius 3 is 2.20 bits per heavy atom. The van der Waals surface area contributed by atoms with Gasteiger partial charge in [-0.3, -0.25) is 4.90 Å². The smallest absolute Gasteiger partial charge is 0.0335 e. The first-order valence-electron chi connectivity index (χ1n) is 8.12. The van der Waals surface area contributed by atoms with Gasteiger partial charge in [-0.1, -0.05) is 49.1 Å². The first-order chi connectivity index (χ1) is 9.59. The molecule has 0 unspecified atom stereocenters. The monoisotopic (exact) mass is 274 g/mol. The zero-order valence-corrected chi connectivity index (χ0v) is 13.4. The Kier molecular flexibility index (Phi) is 5.22. The van der Waals surface area contributed by atoms with E-state index in [1.165, 1.54) is 48.8 Å². The van der Waals surface area contributed by atoms with Gasteiger partial charge in [0.1, 0.15) is 0 Å². The molecular formula is C18H30N2. The summed E-state index contributed by atoms with van der Waals surface area (Å²) in [5, 5.41) is 0. The van der Waals surface area contributed by atoms with Crippen LogP contribution in [0.4, 0.5) is 0 Å². The van der Waals surface area contributed by atoms with Crippen LogP contribution in [0.1, 0.15) is 55.7 Å². The van der Waals surface area contributed by atoms with Crippen LogP contribution in [0.3, 0.4) is 0 Å². The van der Waals surface area contributed by atoms with Gasteiger partial charge in [0.05, 0.1) is 0 Å². The van der Waals surface area contributed by atoms with Gasteiger partial charge in [0.25, 0.3) is 0 Å². The van der Waals surface area contributed by atoms with E-state index in [0.717, 1.165) is 19.6 Å². The SMILES string of the molecule is CCCN(Cc1cc(C)cc(C)c1)C1(CN)CCCC1. The van der Waals surface area contributed by atoms with Crippen LogP contribution in [0.25, 0.3) is 0 Å². The van der Waals surface area contributed by atoms with Gasteiger partial charge < -0.3 is 5.73 Å². The minimum absolute atomic E-state index is 0.258. The van der Waals surface area contributed by atoms with Crippen LogP contribution in [0.5, 0.6) is 0 Å². The normalized spacial score (nSPS) is 17.9. The molecule has 2 heteroatoms. The van der Waals surface area contributed by atoms with Gasteiger partial charge in [-0.25, -0.2) is 0 Å². The second-order valence-electron chi connectivity index (χ2n) is 6.55. The molecule has 0 saturated heterocycles. The molecule has 1 aliphatic carbocycles. The molecule has 0 radical (unpaired) electrons. The molecule has 112 valence electrons. The predicted octanol–water partition coefficient (Wildman–Crippen LogP) is 3.79. The topological polar surface area (TPSA) is 29.3 Å². The fourth-order valence-electron chi connectivity index (χ4n) is 3.82. The highest BCUT2D eigenvalue weighted by molar-refractivity contribution is 5.28. The molecule has 0 aromatic heterocycles. The van der Waals surface area contributed by atoms with E-state index in [4.69, 9.17) is 5.73 Å². The van der Waals surface area contributed by atoms with Crippen molar-refractivity contribution in [1.82, 2.24) is 4.90 Å². The van der Waals surface area contributed by atoms with Crippen LogP contribution in [0.15, 0.2) is 18.2 Å². The Balaban J connectivity index is 2.20. The van der Waals surface area contributed by atoms with Gasteiger partial charge >= 0.3 is 0 Å². The maximum atomic E-state index is 6.17. The standard InChI is InChI=1S/C18H30N2/c1-4-9-20(18(14-19)7-5-6-8-18)13-17-11-15(2)10-16(3)12-17/h10-12H,4-9,13-14,19H2,1-3H3. The zero-order valence-electron chi connectivity index (χ0n) is 13.4. The molecular weight excluding hydrogens is 244 g/mol. The van der Waals surface area contributed by atoms with Crippen LogP contribution >= 0.6 is 0 Å². The van der Waals surface area contributed by atoms with E-state index in [9.17, 15) is 0 Å². The molecule has 1 fully saturated rings. The summed E-state index contributed by atoms with van der Waals surface area (Å²) < 4.78 is 0. The average Bonchev–Trinajstić information content (AvgIpc) is 2.87. The van der Waals surface area contributed by atoms with E-state index in [1.54, 1.807) is 0 Å². The maximum absolute atomic E-state index is 6.17. The van der Waals surface area contributed by atoms with Gasteiger partial charge in [-0.15, -0.1) is 0 Å². The Bertz CT molecular complexity index is 413.